The number of carbonyl (C=O) groups excluding carboxylic acids is 3. The molecule has 5 rings (SSSR count). The van der Waals surface area contributed by atoms with Crippen LogP contribution in [0.1, 0.15) is 19.3 Å². The lowest BCUT2D eigenvalue weighted by Gasteiger charge is -2.41. The minimum Gasteiger partial charge on any atom is -0.299 e. The summed E-state index contributed by atoms with van der Waals surface area (Å²) in [7, 11) is 0. The lowest BCUT2D eigenvalue weighted by Crippen LogP contribution is -2.46. The third-order valence-corrected chi connectivity index (χ3v) is 5.29. The first kappa shape index (κ1) is 14.4. The number of halogens is 3. The quantitative estimate of drug-likeness (QED) is 0.588. The zero-order chi connectivity index (χ0) is 16.5. The number of ketones is 1. The van der Waals surface area contributed by atoms with Crippen LogP contribution in [-0.2, 0) is 14.4 Å². The maximum Gasteiger partial charge on any atom is 0.238 e. The van der Waals surface area contributed by atoms with Crippen LogP contribution in [0.25, 0.3) is 0 Å². The van der Waals surface area contributed by atoms with Crippen molar-refractivity contribution in [3.63, 3.8) is 0 Å². The van der Waals surface area contributed by atoms with Gasteiger partial charge in [0.2, 0.25) is 11.8 Å². The van der Waals surface area contributed by atoms with E-state index in [-0.39, 0.29) is 23.8 Å². The van der Waals surface area contributed by atoms with Crippen LogP contribution < -0.4 is 4.90 Å². The van der Waals surface area contributed by atoms with Gasteiger partial charge in [0.05, 0.1) is 17.5 Å². The van der Waals surface area contributed by atoms with E-state index in [9.17, 15) is 27.6 Å². The number of amides is 2. The molecule has 7 heteroatoms. The second kappa shape index (κ2) is 4.66. The first-order valence-electron chi connectivity index (χ1n) is 7.45. The Morgan fingerprint density at radius 1 is 0.913 bits per heavy atom. The van der Waals surface area contributed by atoms with Crippen molar-refractivity contribution in [1.82, 2.24) is 0 Å². The van der Waals surface area contributed by atoms with Crippen LogP contribution in [0, 0.1) is 41.1 Å². The molecule has 1 aliphatic heterocycles. The van der Waals surface area contributed by atoms with Gasteiger partial charge in [-0.2, -0.15) is 0 Å². The van der Waals surface area contributed by atoms with Crippen LogP contribution in [0.15, 0.2) is 12.1 Å². The lowest BCUT2D eigenvalue weighted by molar-refractivity contribution is -0.143. The Hall–Kier alpha value is -2.18. The van der Waals surface area contributed by atoms with Gasteiger partial charge in [0.25, 0.3) is 0 Å². The molecular formula is C16H12F3NO3. The third-order valence-electron chi connectivity index (χ3n) is 5.29. The topological polar surface area (TPSA) is 54.5 Å². The van der Waals surface area contributed by atoms with Gasteiger partial charge in [-0.05, 0) is 18.8 Å². The third kappa shape index (κ3) is 1.82. The maximum atomic E-state index is 13.4. The number of Topliss-reactive ketones (excluding diaryl/α,β-unsaturated/α-hetero) is 1. The highest BCUT2D eigenvalue weighted by Gasteiger charge is 2.61. The average Bonchev–Trinajstić information content (AvgIpc) is 2.78. The Bertz CT molecular complexity index is 740. The van der Waals surface area contributed by atoms with E-state index in [1.54, 1.807) is 0 Å². The molecule has 0 spiro atoms. The number of hydrogen-bond donors (Lipinski definition) is 0. The van der Waals surface area contributed by atoms with Gasteiger partial charge in [-0.3, -0.25) is 14.4 Å². The Labute approximate surface area is 129 Å². The molecule has 120 valence electrons. The van der Waals surface area contributed by atoms with Crippen molar-refractivity contribution in [3.05, 3.63) is 29.6 Å². The van der Waals surface area contributed by atoms with E-state index in [0.29, 0.717) is 29.9 Å². The first-order chi connectivity index (χ1) is 10.9. The minimum atomic E-state index is -1.65. The van der Waals surface area contributed by atoms with Gasteiger partial charge in [0.15, 0.2) is 17.5 Å². The summed E-state index contributed by atoms with van der Waals surface area (Å²) in [5, 5.41) is 0. The summed E-state index contributed by atoms with van der Waals surface area (Å²) >= 11 is 0. The van der Waals surface area contributed by atoms with Crippen LogP contribution in [0.3, 0.4) is 0 Å². The molecule has 0 radical (unpaired) electrons. The number of benzene rings is 1. The molecule has 0 N–H and O–H groups in total. The molecule has 4 fully saturated rings. The number of carbonyl (C=O) groups is 3. The van der Waals surface area contributed by atoms with Crippen LogP contribution in [0.2, 0.25) is 0 Å². The molecule has 0 aromatic heterocycles. The summed E-state index contributed by atoms with van der Waals surface area (Å²) in [4.78, 5) is 37.9. The summed E-state index contributed by atoms with van der Waals surface area (Å²) in [6, 6.07) is 1.27. The zero-order valence-corrected chi connectivity index (χ0v) is 11.9. The molecule has 2 bridgehead atoms. The highest BCUT2D eigenvalue weighted by molar-refractivity contribution is 6.23. The predicted octanol–water partition coefficient (Wildman–Crippen LogP) is 2.21. The summed E-state index contributed by atoms with van der Waals surface area (Å²) in [5.41, 5.74) is -0.322. The number of imide groups is 1. The second-order valence-electron chi connectivity index (χ2n) is 6.40. The normalized spacial score (nSPS) is 32.7. The summed E-state index contributed by atoms with van der Waals surface area (Å²) in [6.07, 6.45) is 1.52. The van der Waals surface area contributed by atoms with Crippen molar-refractivity contribution in [1.29, 1.82) is 0 Å². The van der Waals surface area contributed by atoms with Crippen LogP contribution in [0.4, 0.5) is 18.9 Å². The van der Waals surface area contributed by atoms with E-state index in [2.05, 4.69) is 0 Å². The minimum absolute atomic E-state index is 0.0260. The van der Waals surface area contributed by atoms with Crippen molar-refractivity contribution in [3.8, 4) is 0 Å². The predicted molar refractivity (Wildman–Crippen MR) is 71.6 cm³/mol. The lowest BCUT2D eigenvalue weighted by atomic mass is 9.59. The van der Waals surface area contributed by atoms with Gasteiger partial charge >= 0.3 is 0 Å². The van der Waals surface area contributed by atoms with Crippen LogP contribution >= 0.6 is 0 Å². The average molecular weight is 323 g/mol. The highest BCUT2D eigenvalue weighted by Crippen LogP contribution is 2.52. The fraction of sp³-hybridized carbons (Fsp3) is 0.438. The van der Waals surface area contributed by atoms with Gasteiger partial charge in [0, 0.05) is 24.5 Å². The van der Waals surface area contributed by atoms with E-state index < -0.39 is 47.0 Å². The van der Waals surface area contributed by atoms with Gasteiger partial charge in [-0.1, -0.05) is 0 Å². The van der Waals surface area contributed by atoms with Crippen molar-refractivity contribution >= 4 is 23.3 Å². The molecule has 3 saturated carbocycles. The smallest absolute Gasteiger partial charge is 0.238 e. The number of rotatable bonds is 1. The van der Waals surface area contributed by atoms with Gasteiger partial charge < -0.3 is 0 Å². The number of anilines is 1. The van der Waals surface area contributed by atoms with Crippen molar-refractivity contribution in [2.24, 2.45) is 23.7 Å². The van der Waals surface area contributed by atoms with Crippen molar-refractivity contribution < 1.29 is 27.6 Å². The SMILES string of the molecule is O=C1CC2CCC1C1C(=O)N(c3cc(F)c(F)c(F)c3)C(=O)C21. The van der Waals surface area contributed by atoms with E-state index >= 15 is 0 Å². The Balaban J connectivity index is 1.79. The molecule has 1 saturated heterocycles. The zero-order valence-electron chi connectivity index (χ0n) is 11.9. The Morgan fingerprint density at radius 2 is 1.52 bits per heavy atom. The summed E-state index contributed by atoms with van der Waals surface area (Å²) < 4.78 is 39.9. The molecule has 1 aromatic carbocycles. The van der Waals surface area contributed by atoms with Crippen molar-refractivity contribution in [2.45, 2.75) is 19.3 Å². The molecular weight excluding hydrogens is 311 g/mol. The molecule has 4 unspecified atom stereocenters. The first-order valence-corrected chi connectivity index (χ1v) is 7.45. The van der Waals surface area contributed by atoms with E-state index in [1.165, 1.54) is 0 Å². The molecule has 3 aliphatic carbocycles. The second-order valence-corrected chi connectivity index (χ2v) is 6.40. The monoisotopic (exact) mass is 323 g/mol. The molecule has 4 nitrogen and oxygen atoms in total. The number of hydrogen-bond acceptors (Lipinski definition) is 3. The molecule has 1 heterocycles. The van der Waals surface area contributed by atoms with Crippen molar-refractivity contribution in [2.75, 3.05) is 4.90 Å². The summed E-state index contributed by atoms with van der Waals surface area (Å²) in [5.74, 6) is -7.84. The van der Waals surface area contributed by atoms with Gasteiger partial charge in [-0.25, -0.2) is 18.1 Å². The highest BCUT2D eigenvalue weighted by atomic mass is 19.2. The molecule has 1 aromatic rings. The molecule has 4 atom stereocenters. The Morgan fingerprint density at radius 3 is 2.13 bits per heavy atom. The molecule has 23 heavy (non-hydrogen) atoms. The number of nitrogens with zero attached hydrogens (tertiary/aromatic N) is 1. The van der Waals surface area contributed by atoms with E-state index in [0.717, 1.165) is 0 Å². The van der Waals surface area contributed by atoms with Gasteiger partial charge in [0.1, 0.15) is 5.78 Å². The summed E-state index contributed by atoms with van der Waals surface area (Å²) in [6.45, 7) is 0. The standard InChI is InChI=1S/C16H12F3NO3/c17-9-4-7(5-10(18)14(9)19)20-15(22)12-6-1-2-8(11(21)3-6)13(12)16(20)23/h4-6,8,12-13H,1-3H2. The van der Waals surface area contributed by atoms with E-state index in [4.69, 9.17) is 0 Å². The van der Waals surface area contributed by atoms with E-state index in [1.807, 2.05) is 0 Å². The molecule has 2 amide bonds. The number of fused-ring (bicyclic) bond motifs is 2. The van der Waals surface area contributed by atoms with Crippen LogP contribution in [0.5, 0.6) is 0 Å². The fourth-order valence-corrected chi connectivity index (χ4v) is 4.31. The molecule has 4 aliphatic rings. The fourth-order valence-electron chi connectivity index (χ4n) is 4.31. The largest absolute Gasteiger partial charge is 0.299 e. The van der Waals surface area contributed by atoms with Gasteiger partial charge in [-0.15, -0.1) is 0 Å². The maximum absolute atomic E-state index is 13.4. The Kier molecular flexibility index (Phi) is 2.92. The van der Waals surface area contributed by atoms with Crippen LogP contribution in [-0.4, -0.2) is 17.6 Å².